The van der Waals surface area contributed by atoms with Crippen molar-refractivity contribution < 1.29 is 8.42 Å². The van der Waals surface area contributed by atoms with Crippen LogP contribution in [0, 0.1) is 0 Å². The van der Waals surface area contributed by atoms with Gasteiger partial charge in [-0.1, -0.05) is 17.7 Å². The minimum absolute atomic E-state index is 0. The molecule has 19 heavy (non-hydrogen) atoms. The number of piperazine rings is 1. The lowest BCUT2D eigenvalue weighted by Crippen LogP contribution is -2.52. The van der Waals surface area contributed by atoms with Crippen LogP contribution in [0.2, 0.25) is 5.02 Å². The third-order valence-electron chi connectivity index (χ3n) is 2.93. The zero-order valence-corrected chi connectivity index (χ0v) is 14.2. The molecular weight excluding hydrogens is 375 g/mol. The lowest BCUT2D eigenvalue weighted by molar-refractivity contribution is 0.284. The van der Waals surface area contributed by atoms with E-state index in [1.165, 1.54) is 4.31 Å². The topological polar surface area (TPSA) is 49.4 Å². The lowest BCUT2D eigenvalue weighted by atomic mass is 10.3. The molecule has 0 amide bonds. The van der Waals surface area contributed by atoms with Crippen LogP contribution in [0.3, 0.4) is 0 Å². The molecule has 1 heterocycles. The van der Waals surface area contributed by atoms with Crippen molar-refractivity contribution in [3.8, 4) is 0 Å². The minimum atomic E-state index is -3.56. The molecule has 0 unspecified atom stereocenters. The van der Waals surface area contributed by atoms with E-state index in [1.54, 1.807) is 18.2 Å². The van der Waals surface area contributed by atoms with Gasteiger partial charge >= 0.3 is 0 Å². The van der Waals surface area contributed by atoms with Crippen LogP contribution >= 0.6 is 39.9 Å². The smallest absolute Gasteiger partial charge is 0.246 e. The van der Waals surface area contributed by atoms with Gasteiger partial charge in [0.2, 0.25) is 10.0 Å². The fourth-order valence-electron chi connectivity index (χ4n) is 2.03. The molecule has 0 aromatic heterocycles. The molecule has 2 rings (SSSR count). The summed E-state index contributed by atoms with van der Waals surface area (Å²) < 4.78 is 27.2. The summed E-state index contributed by atoms with van der Waals surface area (Å²) in [4.78, 5) is 0.153. The summed E-state index contributed by atoms with van der Waals surface area (Å²) in [5.41, 5.74) is 0. The number of sulfonamides is 1. The second-order valence-corrected chi connectivity index (χ2v) is 7.31. The molecule has 4 nitrogen and oxygen atoms in total. The van der Waals surface area contributed by atoms with Crippen molar-refractivity contribution in [1.82, 2.24) is 9.62 Å². The predicted molar refractivity (Wildman–Crippen MR) is 82.6 cm³/mol. The Balaban J connectivity index is 0.00000180. The second kappa shape index (κ2) is 6.74. The average molecular weight is 390 g/mol. The monoisotopic (exact) mass is 388 g/mol. The van der Waals surface area contributed by atoms with Crippen LogP contribution in [-0.4, -0.2) is 38.4 Å². The summed E-state index contributed by atoms with van der Waals surface area (Å²) in [5.74, 6) is 0. The van der Waals surface area contributed by atoms with Gasteiger partial charge in [0.05, 0.1) is 5.02 Å². The molecule has 0 spiro atoms. The highest BCUT2D eigenvalue weighted by Crippen LogP contribution is 2.32. The Labute approximate surface area is 133 Å². The fourth-order valence-corrected chi connectivity index (χ4v) is 5.33. The van der Waals surface area contributed by atoms with E-state index in [-0.39, 0.29) is 28.4 Å². The van der Waals surface area contributed by atoms with Gasteiger partial charge < -0.3 is 5.32 Å². The number of nitrogens with zero attached hydrogens (tertiary/aromatic N) is 1. The zero-order valence-electron chi connectivity index (χ0n) is 10.3. The van der Waals surface area contributed by atoms with Crippen molar-refractivity contribution >= 4 is 50.0 Å². The van der Waals surface area contributed by atoms with E-state index >= 15 is 0 Å². The van der Waals surface area contributed by atoms with Crippen LogP contribution in [0.4, 0.5) is 0 Å². The van der Waals surface area contributed by atoms with Gasteiger partial charge in [0.15, 0.2) is 0 Å². The van der Waals surface area contributed by atoms with Crippen LogP contribution in [0.15, 0.2) is 27.6 Å². The summed E-state index contributed by atoms with van der Waals surface area (Å²) in [6.45, 7) is 3.66. The third-order valence-corrected chi connectivity index (χ3v) is 6.39. The van der Waals surface area contributed by atoms with E-state index in [1.807, 2.05) is 6.92 Å². The van der Waals surface area contributed by atoms with E-state index in [2.05, 4.69) is 21.2 Å². The minimum Gasteiger partial charge on any atom is -0.314 e. The van der Waals surface area contributed by atoms with E-state index in [0.717, 1.165) is 0 Å². The van der Waals surface area contributed by atoms with Gasteiger partial charge in [0, 0.05) is 30.1 Å². The normalized spacial score (nSPS) is 20.9. The summed E-state index contributed by atoms with van der Waals surface area (Å²) in [7, 11) is -3.56. The molecule has 1 aliphatic heterocycles. The molecule has 1 aliphatic rings. The standard InChI is InChI=1S/C11H14BrClN2O2S.ClH/c1-8-7-14-5-6-15(8)18(16,17)11-9(12)3-2-4-10(11)13;/h2-4,8,14H,5-7H2,1H3;1H/t8-;/m0./s1. The van der Waals surface area contributed by atoms with E-state index in [0.29, 0.717) is 24.1 Å². The first-order valence-corrected chi connectivity index (χ1v) is 8.22. The molecule has 1 N–H and O–H groups in total. The highest BCUT2D eigenvalue weighted by molar-refractivity contribution is 9.10. The first-order valence-electron chi connectivity index (χ1n) is 5.61. The van der Waals surface area contributed by atoms with Crippen LogP contribution in [0.5, 0.6) is 0 Å². The molecule has 1 fully saturated rings. The first kappa shape index (κ1) is 17.2. The Bertz CT molecular complexity index is 533. The van der Waals surface area contributed by atoms with Gasteiger partial charge in [-0.15, -0.1) is 12.4 Å². The Morgan fingerprint density at radius 3 is 2.74 bits per heavy atom. The Morgan fingerprint density at radius 2 is 2.16 bits per heavy atom. The van der Waals surface area contributed by atoms with E-state index in [9.17, 15) is 8.42 Å². The van der Waals surface area contributed by atoms with Gasteiger partial charge in [0.25, 0.3) is 0 Å². The number of rotatable bonds is 2. The van der Waals surface area contributed by atoms with Gasteiger partial charge in [-0.3, -0.25) is 0 Å². The predicted octanol–water partition coefficient (Wildman–Crippen LogP) is 2.51. The number of hydrogen-bond acceptors (Lipinski definition) is 3. The summed E-state index contributed by atoms with van der Waals surface area (Å²) in [6, 6.07) is 4.91. The number of benzene rings is 1. The van der Waals surface area contributed by atoms with Crippen molar-refractivity contribution in [2.75, 3.05) is 19.6 Å². The molecule has 0 radical (unpaired) electrons. The van der Waals surface area contributed by atoms with Crippen molar-refractivity contribution in [1.29, 1.82) is 0 Å². The maximum Gasteiger partial charge on any atom is 0.246 e. The van der Waals surface area contributed by atoms with Crippen molar-refractivity contribution in [3.63, 3.8) is 0 Å². The summed E-state index contributed by atoms with van der Waals surface area (Å²) in [5, 5.41) is 3.41. The lowest BCUT2D eigenvalue weighted by Gasteiger charge is -2.33. The van der Waals surface area contributed by atoms with Gasteiger partial charge in [-0.05, 0) is 35.0 Å². The van der Waals surface area contributed by atoms with Crippen molar-refractivity contribution in [2.45, 2.75) is 17.9 Å². The molecule has 0 aliphatic carbocycles. The van der Waals surface area contributed by atoms with E-state index in [4.69, 9.17) is 11.6 Å². The first-order chi connectivity index (χ1) is 8.44. The number of nitrogens with one attached hydrogen (secondary N) is 1. The quantitative estimate of drug-likeness (QED) is 0.845. The Kier molecular flexibility index (Phi) is 6.10. The maximum atomic E-state index is 12.6. The summed E-state index contributed by atoms with van der Waals surface area (Å²) >= 11 is 9.29. The largest absolute Gasteiger partial charge is 0.314 e. The van der Waals surface area contributed by atoms with Crippen LogP contribution in [0.1, 0.15) is 6.92 Å². The second-order valence-electron chi connectivity index (χ2n) is 4.22. The molecule has 1 saturated heterocycles. The van der Waals surface area contributed by atoms with Crippen LogP contribution in [-0.2, 0) is 10.0 Å². The molecule has 0 saturated carbocycles. The van der Waals surface area contributed by atoms with Crippen LogP contribution < -0.4 is 5.32 Å². The molecular formula is C11H15BrCl2N2O2S. The molecule has 1 aromatic rings. The average Bonchev–Trinajstić information content (AvgIpc) is 2.28. The molecule has 108 valence electrons. The molecule has 1 atom stereocenters. The fraction of sp³-hybridized carbons (Fsp3) is 0.455. The highest BCUT2D eigenvalue weighted by Gasteiger charge is 2.33. The maximum absolute atomic E-state index is 12.6. The highest BCUT2D eigenvalue weighted by atomic mass is 79.9. The zero-order chi connectivity index (χ0) is 13.3. The van der Waals surface area contributed by atoms with Gasteiger partial charge in [-0.25, -0.2) is 8.42 Å². The van der Waals surface area contributed by atoms with Gasteiger partial charge in [0.1, 0.15) is 4.90 Å². The van der Waals surface area contributed by atoms with Crippen molar-refractivity contribution in [2.24, 2.45) is 0 Å². The number of hydrogen-bond donors (Lipinski definition) is 1. The van der Waals surface area contributed by atoms with Gasteiger partial charge in [-0.2, -0.15) is 4.31 Å². The van der Waals surface area contributed by atoms with Crippen LogP contribution in [0.25, 0.3) is 0 Å². The third kappa shape index (κ3) is 3.43. The number of halogens is 3. The Morgan fingerprint density at radius 1 is 1.47 bits per heavy atom. The van der Waals surface area contributed by atoms with Crippen molar-refractivity contribution in [3.05, 3.63) is 27.7 Å². The molecule has 1 aromatic carbocycles. The SMILES string of the molecule is C[C@H]1CNCCN1S(=O)(=O)c1c(Cl)cccc1Br.Cl. The van der Waals surface area contributed by atoms with E-state index < -0.39 is 10.0 Å². The Hall–Kier alpha value is 0.150. The summed E-state index contributed by atoms with van der Waals surface area (Å²) in [6.07, 6.45) is 0. The molecule has 0 bridgehead atoms. The molecule has 8 heteroatoms.